The Morgan fingerprint density at radius 2 is 1.86 bits per heavy atom. The minimum absolute atomic E-state index is 0.0823. The minimum atomic E-state index is -3.74. The molecule has 0 saturated carbocycles. The zero-order valence-electron chi connectivity index (χ0n) is 6.99. The van der Waals surface area contributed by atoms with Gasteiger partial charge in [-0.3, -0.25) is 0 Å². The van der Waals surface area contributed by atoms with E-state index in [9.17, 15) is 8.42 Å². The topological polar surface area (TPSA) is 63.4 Å². The zero-order chi connectivity index (χ0) is 10.8. The Hall–Kier alpha value is -0.630. The predicted molar refractivity (Wildman–Crippen MR) is 61.2 cm³/mol. The second-order valence-electron chi connectivity index (χ2n) is 2.40. The predicted octanol–water partition coefficient (Wildman–Crippen LogP) is 0.766. The molecule has 0 amide bonds. The van der Waals surface area contributed by atoms with Crippen LogP contribution in [0.5, 0.6) is 0 Å². The Kier molecular flexibility index (Phi) is 3.48. The van der Waals surface area contributed by atoms with E-state index >= 15 is 0 Å². The van der Waals surface area contributed by atoms with Gasteiger partial charge in [0.25, 0.3) is 10.0 Å². The first-order valence-electron chi connectivity index (χ1n) is 3.54. The summed E-state index contributed by atoms with van der Waals surface area (Å²) in [6.45, 7) is 0. The van der Waals surface area contributed by atoms with Gasteiger partial charge >= 0.3 is 0 Å². The summed E-state index contributed by atoms with van der Waals surface area (Å²) in [5, 5.41) is 0. The maximum absolute atomic E-state index is 11.6. The second kappa shape index (κ2) is 4.26. The van der Waals surface area contributed by atoms with Gasteiger partial charge in [0.1, 0.15) is 0 Å². The molecule has 76 valence electrons. The number of thiol groups is 1. The zero-order valence-corrected chi connectivity index (χ0v) is 9.52. The van der Waals surface area contributed by atoms with Crippen molar-refractivity contribution in [1.82, 2.24) is 4.41 Å². The highest BCUT2D eigenvalue weighted by Crippen LogP contribution is 2.13. The van der Waals surface area contributed by atoms with E-state index in [1.165, 1.54) is 12.1 Å². The Labute approximate surface area is 93.1 Å². The van der Waals surface area contributed by atoms with Crippen LogP contribution in [-0.4, -0.2) is 17.2 Å². The maximum Gasteiger partial charge on any atom is 0.278 e. The van der Waals surface area contributed by atoms with Gasteiger partial charge in [0.05, 0.1) is 4.90 Å². The highest BCUT2D eigenvalue weighted by Gasteiger charge is 2.21. The highest BCUT2D eigenvalue weighted by molar-refractivity contribution is 8.12. The van der Waals surface area contributed by atoms with Gasteiger partial charge in [-0.15, -0.1) is 12.6 Å². The molecule has 1 aromatic rings. The third-order valence-corrected chi connectivity index (χ3v) is 3.72. The van der Waals surface area contributed by atoms with Crippen LogP contribution >= 0.6 is 24.8 Å². The van der Waals surface area contributed by atoms with Crippen molar-refractivity contribution >= 4 is 39.2 Å². The normalized spacial score (nSPS) is 11.0. The quantitative estimate of drug-likeness (QED) is 0.351. The summed E-state index contributed by atoms with van der Waals surface area (Å²) in [6.07, 6.45) is 0. The average Bonchev–Trinajstić information content (AvgIpc) is 2.18. The molecule has 0 aliphatic rings. The van der Waals surface area contributed by atoms with Gasteiger partial charge in [-0.05, 0) is 12.1 Å². The number of sulfonamides is 1. The summed E-state index contributed by atoms with van der Waals surface area (Å²) >= 11 is 8.24. The van der Waals surface area contributed by atoms with Gasteiger partial charge in [-0.1, -0.05) is 30.4 Å². The Balaban J connectivity index is 3.16. The second-order valence-corrected chi connectivity index (χ2v) is 5.32. The van der Waals surface area contributed by atoms with Crippen LogP contribution in [0.15, 0.2) is 35.2 Å². The van der Waals surface area contributed by atoms with E-state index in [4.69, 9.17) is 5.84 Å². The Morgan fingerprint density at radius 3 is 2.29 bits per heavy atom. The molecular formula is C7H8N2O2S3. The number of hydrogen-bond acceptors (Lipinski definition) is 4. The molecule has 2 N–H and O–H groups in total. The number of nitrogens with zero attached hydrogens (tertiary/aromatic N) is 1. The summed E-state index contributed by atoms with van der Waals surface area (Å²) in [7, 11) is -3.74. The lowest BCUT2D eigenvalue weighted by Gasteiger charge is -2.15. The molecular weight excluding hydrogens is 240 g/mol. The van der Waals surface area contributed by atoms with Crippen LogP contribution in [0, 0.1) is 0 Å². The van der Waals surface area contributed by atoms with Crippen LogP contribution in [0.1, 0.15) is 0 Å². The van der Waals surface area contributed by atoms with Crippen molar-refractivity contribution in [3.8, 4) is 0 Å². The molecule has 0 heterocycles. The molecule has 1 rings (SSSR count). The van der Waals surface area contributed by atoms with Crippen molar-refractivity contribution in [3.05, 3.63) is 30.3 Å². The molecule has 7 heteroatoms. The van der Waals surface area contributed by atoms with E-state index in [-0.39, 0.29) is 9.22 Å². The van der Waals surface area contributed by atoms with E-state index in [2.05, 4.69) is 24.8 Å². The molecule has 0 saturated heterocycles. The molecule has 0 radical (unpaired) electrons. The smallest absolute Gasteiger partial charge is 0.232 e. The molecule has 0 fully saturated rings. The van der Waals surface area contributed by atoms with Crippen LogP contribution < -0.4 is 5.84 Å². The number of rotatable bonds is 2. The van der Waals surface area contributed by atoms with Crippen LogP contribution in [0.3, 0.4) is 0 Å². The van der Waals surface area contributed by atoms with Gasteiger partial charge < -0.3 is 0 Å². The molecule has 0 atom stereocenters. The highest BCUT2D eigenvalue weighted by atomic mass is 32.2. The average molecular weight is 248 g/mol. The molecule has 4 nitrogen and oxygen atoms in total. The van der Waals surface area contributed by atoms with Crippen LogP contribution in [0.4, 0.5) is 0 Å². The summed E-state index contributed by atoms with van der Waals surface area (Å²) in [6, 6.07) is 7.77. The first-order valence-corrected chi connectivity index (χ1v) is 5.84. The molecule has 0 bridgehead atoms. The summed E-state index contributed by atoms with van der Waals surface area (Å²) in [5.74, 6) is 5.25. The third kappa shape index (κ3) is 2.24. The molecule has 0 aliphatic heterocycles. The lowest BCUT2D eigenvalue weighted by Crippen LogP contribution is -2.39. The van der Waals surface area contributed by atoms with Gasteiger partial charge in [0.2, 0.25) is 0 Å². The van der Waals surface area contributed by atoms with Crippen molar-refractivity contribution in [2.24, 2.45) is 5.84 Å². The van der Waals surface area contributed by atoms with Gasteiger partial charge in [-0.25, -0.2) is 5.84 Å². The molecule has 0 aromatic heterocycles. The third-order valence-electron chi connectivity index (χ3n) is 1.49. The molecule has 14 heavy (non-hydrogen) atoms. The Morgan fingerprint density at radius 1 is 1.36 bits per heavy atom. The molecule has 1 aromatic carbocycles. The largest absolute Gasteiger partial charge is 0.278 e. The van der Waals surface area contributed by atoms with Crippen molar-refractivity contribution in [2.75, 3.05) is 0 Å². The van der Waals surface area contributed by atoms with Gasteiger partial charge in [0, 0.05) is 0 Å². The minimum Gasteiger partial charge on any atom is -0.232 e. The van der Waals surface area contributed by atoms with Crippen molar-refractivity contribution in [3.63, 3.8) is 0 Å². The van der Waals surface area contributed by atoms with E-state index in [0.29, 0.717) is 4.41 Å². The number of benzene rings is 1. The first-order chi connectivity index (χ1) is 6.46. The first kappa shape index (κ1) is 11.4. The van der Waals surface area contributed by atoms with Crippen LogP contribution in [0.2, 0.25) is 0 Å². The van der Waals surface area contributed by atoms with Gasteiger partial charge in [-0.2, -0.15) is 12.8 Å². The number of thiocarbonyl (C=S) groups is 1. The number of hydrogen-bond donors (Lipinski definition) is 2. The van der Waals surface area contributed by atoms with Crippen LogP contribution in [0.25, 0.3) is 0 Å². The lowest BCUT2D eigenvalue weighted by atomic mass is 10.4. The SMILES string of the molecule is NN(C(=S)S)S(=O)(=O)c1ccccc1. The van der Waals surface area contributed by atoms with E-state index in [1.807, 2.05) is 0 Å². The van der Waals surface area contributed by atoms with E-state index < -0.39 is 10.0 Å². The van der Waals surface area contributed by atoms with Crippen LogP contribution in [-0.2, 0) is 10.0 Å². The number of nitrogens with two attached hydrogens (primary N) is 1. The molecule has 0 unspecified atom stereocenters. The van der Waals surface area contributed by atoms with Crippen molar-refractivity contribution < 1.29 is 8.42 Å². The lowest BCUT2D eigenvalue weighted by molar-refractivity contribution is 0.538. The van der Waals surface area contributed by atoms with Crippen molar-refractivity contribution in [1.29, 1.82) is 0 Å². The van der Waals surface area contributed by atoms with E-state index in [1.54, 1.807) is 18.2 Å². The van der Waals surface area contributed by atoms with Crippen molar-refractivity contribution in [2.45, 2.75) is 4.90 Å². The monoisotopic (exact) mass is 248 g/mol. The fourth-order valence-electron chi connectivity index (χ4n) is 0.809. The fraction of sp³-hybridized carbons (Fsp3) is 0. The standard InChI is InChI=1S/C7H8N2O2S3/c8-9(7(12)13)14(10,11)6-4-2-1-3-5-6/h1-5H,8H2,(H,12,13). The summed E-state index contributed by atoms with van der Waals surface area (Å²) in [5.41, 5.74) is 0. The van der Waals surface area contributed by atoms with E-state index in [0.717, 1.165) is 0 Å². The Bertz CT molecular complexity index is 430. The fourth-order valence-corrected chi connectivity index (χ4v) is 2.36. The molecule has 0 aliphatic carbocycles. The maximum atomic E-state index is 11.6. The van der Waals surface area contributed by atoms with Gasteiger partial charge in [0.15, 0.2) is 4.32 Å². The number of hydrazine groups is 1. The molecule has 0 spiro atoms. The summed E-state index contributed by atoms with van der Waals surface area (Å²) < 4.78 is 23.5. The summed E-state index contributed by atoms with van der Waals surface area (Å²) in [4.78, 5) is 0.0823.